The number of hydrogen-bond acceptors (Lipinski definition) is 6. The lowest BCUT2D eigenvalue weighted by Gasteiger charge is -2.32. The van der Waals surface area contributed by atoms with Crippen molar-refractivity contribution in [2.75, 3.05) is 37.4 Å². The number of rotatable bonds is 4. The highest BCUT2D eigenvalue weighted by Gasteiger charge is 2.25. The third-order valence-electron chi connectivity index (χ3n) is 4.17. The van der Waals surface area contributed by atoms with Crippen LogP contribution in [0.1, 0.15) is 29.0 Å². The average Bonchev–Trinajstić information content (AvgIpc) is 3.01. The fourth-order valence-corrected chi connectivity index (χ4v) is 2.80. The summed E-state index contributed by atoms with van der Waals surface area (Å²) in [7, 11) is 3.90. The Bertz CT molecular complexity index is 704. The molecule has 128 valence electrons. The maximum absolute atomic E-state index is 12.4. The second kappa shape index (κ2) is 6.86. The molecule has 0 atom stereocenters. The van der Waals surface area contributed by atoms with Gasteiger partial charge in [0.25, 0.3) is 5.91 Å². The number of H-pyrrole nitrogens is 1. The number of hydrogen-bond donors (Lipinski definition) is 2. The highest BCUT2D eigenvalue weighted by molar-refractivity contribution is 5.92. The molecular formula is C16H23N7O. The van der Waals surface area contributed by atoms with E-state index in [1.165, 1.54) is 0 Å². The molecule has 3 rings (SSSR count). The smallest absolute Gasteiger partial charge is 0.274 e. The Hall–Kier alpha value is -2.64. The molecule has 8 heteroatoms. The molecule has 1 amide bonds. The summed E-state index contributed by atoms with van der Waals surface area (Å²) < 4.78 is 0. The minimum Gasteiger partial charge on any atom is -0.367 e. The second-order valence-corrected chi connectivity index (χ2v) is 6.30. The van der Waals surface area contributed by atoms with Crippen LogP contribution in [-0.4, -0.2) is 64.2 Å². The number of anilines is 2. The van der Waals surface area contributed by atoms with Gasteiger partial charge in [0.2, 0.25) is 0 Å². The quantitative estimate of drug-likeness (QED) is 0.878. The summed E-state index contributed by atoms with van der Waals surface area (Å²) in [5, 5.41) is 10.3. The zero-order valence-corrected chi connectivity index (χ0v) is 14.3. The molecular weight excluding hydrogens is 306 g/mol. The van der Waals surface area contributed by atoms with Gasteiger partial charge in [0, 0.05) is 45.0 Å². The van der Waals surface area contributed by atoms with Gasteiger partial charge in [-0.1, -0.05) is 0 Å². The SMILES string of the molecule is Cc1cc(C(=O)N2CCC(Nc3cc(N(C)C)ncn3)CC2)n[nH]1. The molecule has 0 saturated carbocycles. The first-order chi connectivity index (χ1) is 11.5. The second-order valence-electron chi connectivity index (χ2n) is 6.30. The maximum Gasteiger partial charge on any atom is 0.274 e. The lowest BCUT2D eigenvalue weighted by molar-refractivity contribution is 0.0712. The molecule has 2 aromatic rings. The van der Waals surface area contributed by atoms with E-state index < -0.39 is 0 Å². The summed E-state index contributed by atoms with van der Waals surface area (Å²) in [6.07, 6.45) is 3.34. The van der Waals surface area contributed by atoms with Crippen LogP contribution in [0.2, 0.25) is 0 Å². The molecule has 0 aromatic carbocycles. The van der Waals surface area contributed by atoms with Crippen LogP contribution in [0.15, 0.2) is 18.5 Å². The predicted octanol–water partition coefficient (Wildman–Crippen LogP) is 1.29. The normalized spacial score (nSPS) is 15.4. The molecule has 1 aliphatic heterocycles. The minimum absolute atomic E-state index is 0.00488. The van der Waals surface area contributed by atoms with Gasteiger partial charge in [-0.05, 0) is 25.8 Å². The van der Waals surface area contributed by atoms with Crippen LogP contribution < -0.4 is 10.2 Å². The van der Waals surface area contributed by atoms with E-state index in [0.717, 1.165) is 30.2 Å². The number of likely N-dealkylation sites (tertiary alicyclic amines) is 1. The van der Waals surface area contributed by atoms with Crippen LogP contribution >= 0.6 is 0 Å². The largest absolute Gasteiger partial charge is 0.367 e. The molecule has 0 unspecified atom stereocenters. The summed E-state index contributed by atoms with van der Waals surface area (Å²) in [6, 6.07) is 4.03. The van der Waals surface area contributed by atoms with Crippen molar-refractivity contribution in [3.05, 3.63) is 29.8 Å². The standard InChI is InChI=1S/C16H23N7O/c1-11-8-13(21-20-11)16(24)23-6-4-12(5-7-23)19-14-9-15(22(2)3)18-10-17-14/h8-10,12H,4-7H2,1-3H3,(H,20,21)(H,17,18,19). The van der Waals surface area contributed by atoms with Crippen LogP contribution in [0.5, 0.6) is 0 Å². The summed E-state index contributed by atoms with van der Waals surface area (Å²) in [5.41, 5.74) is 1.39. The maximum atomic E-state index is 12.4. The van der Waals surface area contributed by atoms with E-state index in [4.69, 9.17) is 0 Å². The number of aryl methyl sites for hydroxylation is 1. The summed E-state index contributed by atoms with van der Waals surface area (Å²) in [5.74, 6) is 1.69. The Morgan fingerprint density at radius 2 is 2.04 bits per heavy atom. The molecule has 0 spiro atoms. The van der Waals surface area contributed by atoms with Crippen molar-refractivity contribution < 1.29 is 4.79 Å². The Morgan fingerprint density at radius 3 is 2.67 bits per heavy atom. The van der Waals surface area contributed by atoms with Gasteiger partial charge >= 0.3 is 0 Å². The molecule has 1 aliphatic rings. The third kappa shape index (κ3) is 3.64. The lowest BCUT2D eigenvalue weighted by Crippen LogP contribution is -2.42. The third-order valence-corrected chi connectivity index (χ3v) is 4.17. The highest BCUT2D eigenvalue weighted by Crippen LogP contribution is 2.18. The van der Waals surface area contributed by atoms with Gasteiger partial charge in [0.1, 0.15) is 23.7 Å². The van der Waals surface area contributed by atoms with Gasteiger partial charge in [-0.25, -0.2) is 9.97 Å². The van der Waals surface area contributed by atoms with E-state index >= 15 is 0 Å². The van der Waals surface area contributed by atoms with Gasteiger partial charge < -0.3 is 15.1 Å². The van der Waals surface area contributed by atoms with E-state index in [-0.39, 0.29) is 5.91 Å². The van der Waals surface area contributed by atoms with Crippen molar-refractivity contribution in [1.29, 1.82) is 0 Å². The number of piperidine rings is 1. The first kappa shape index (κ1) is 16.2. The number of nitrogens with one attached hydrogen (secondary N) is 2. The molecule has 1 saturated heterocycles. The first-order valence-corrected chi connectivity index (χ1v) is 8.10. The zero-order chi connectivity index (χ0) is 17.1. The number of carbonyl (C=O) groups excluding carboxylic acids is 1. The summed E-state index contributed by atoms with van der Waals surface area (Å²) in [6.45, 7) is 3.33. The monoisotopic (exact) mass is 329 g/mol. The van der Waals surface area contributed by atoms with E-state index in [2.05, 4.69) is 25.5 Å². The Labute approximate surface area is 141 Å². The zero-order valence-electron chi connectivity index (χ0n) is 14.3. The fraction of sp³-hybridized carbons (Fsp3) is 0.500. The first-order valence-electron chi connectivity index (χ1n) is 8.10. The van der Waals surface area contributed by atoms with Gasteiger partial charge in [0.15, 0.2) is 0 Å². The topological polar surface area (TPSA) is 90.0 Å². The predicted molar refractivity (Wildman–Crippen MR) is 92.2 cm³/mol. The molecule has 3 heterocycles. The lowest BCUT2D eigenvalue weighted by atomic mass is 10.0. The molecule has 2 aromatic heterocycles. The number of carbonyl (C=O) groups is 1. The van der Waals surface area contributed by atoms with E-state index in [9.17, 15) is 4.79 Å². The van der Waals surface area contributed by atoms with Crippen molar-refractivity contribution in [2.24, 2.45) is 0 Å². The minimum atomic E-state index is -0.00488. The molecule has 0 radical (unpaired) electrons. The summed E-state index contributed by atoms with van der Waals surface area (Å²) in [4.78, 5) is 24.7. The molecule has 2 N–H and O–H groups in total. The Kier molecular flexibility index (Phi) is 4.64. The number of nitrogens with zero attached hydrogens (tertiary/aromatic N) is 5. The van der Waals surface area contributed by atoms with E-state index in [0.29, 0.717) is 24.8 Å². The van der Waals surface area contributed by atoms with Gasteiger partial charge in [-0.2, -0.15) is 5.10 Å². The Balaban J connectivity index is 1.55. The Morgan fingerprint density at radius 1 is 1.29 bits per heavy atom. The van der Waals surface area contributed by atoms with Crippen molar-refractivity contribution in [3.63, 3.8) is 0 Å². The molecule has 0 aliphatic carbocycles. The highest BCUT2D eigenvalue weighted by atomic mass is 16.2. The summed E-state index contributed by atoms with van der Waals surface area (Å²) >= 11 is 0. The van der Waals surface area contributed by atoms with Gasteiger partial charge in [-0.3, -0.25) is 9.89 Å². The van der Waals surface area contributed by atoms with E-state index in [1.807, 2.05) is 36.9 Å². The van der Waals surface area contributed by atoms with Crippen LogP contribution in [0.3, 0.4) is 0 Å². The van der Waals surface area contributed by atoms with Crippen LogP contribution in [0.4, 0.5) is 11.6 Å². The van der Waals surface area contributed by atoms with Crippen molar-refractivity contribution in [1.82, 2.24) is 25.1 Å². The van der Waals surface area contributed by atoms with Crippen molar-refractivity contribution >= 4 is 17.5 Å². The van der Waals surface area contributed by atoms with E-state index in [1.54, 1.807) is 12.4 Å². The molecule has 0 bridgehead atoms. The van der Waals surface area contributed by atoms with Gasteiger partial charge in [0.05, 0.1) is 0 Å². The molecule has 1 fully saturated rings. The van der Waals surface area contributed by atoms with Crippen LogP contribution in [-0.2, 0) is 0 Å². The van der Waals surface area contributed by atoms with Gasteiger partial charge in [-0.15, -0.1) is 0 Å². The van der Waals surface area contributed by atoms with Crippen molar-refractivity contribution in [3.8, 4) is 0 Å². The number of aromatic amines is 1. The molecule has 24 heavy (non-hydrogen) atoms. The molecule has 8 nitrogen and oxygen atoms in total. The van der Waals surface area contributed by atoms with Crippen molar-refractivity contribution in [2.45, 2.75) is 25.8 Å². The number of aromatic nitrogens is 4. The van der Waals surface area contributed by atoms with Crippen LogP contribution in [0.25, 0.3) is 0 Å². The average molecular weight is 329 g/mol. The van der Waals surface area contributed by atoms with Crippen LogP contribution in [0, 0.1) is 6.92 Å². The fourth-order valence-electron chi connectivity index (χ4n) is 2.80. The number of amides is 1.